The second-order valence-corrected chi connectivity index (χ2v) is 5.87. The summed E-state index contributed by atoms with van der Waals surface area (Å²) in [4.78, 5) is 37.5. The third-order valence-electron chi connectivity index (χ3n) is 4.18. The van der Waals surface area contributed by atoms with Gasteiger partial charge in [-0.3, -0.25) is 14.4 Å². The molecule has 6 heteroatoms. The maximum Gasteiger partial charge on any atom is 0.326 e. The number of rotatable bonds is 5. The highest BCUT2D eigenvalue weighted by molar-refractivity contribution is 6.04. The van der Waals surface area contributed by atoms with Gasteiger partial charge in [0, 0.05) is 12.1 Å². The second-order valence-electron chi connectivity index (χ2n) is 5.87. The van der Waals surface area contributed by atoms with Gasteiger partial charge in [0.15, 0.2) is 5.92 Å². The number of amides is 1. The Balaban J connectivity index is 1.89. The van der Waals surface area contributed by atoms with Crippen LogP contribution in [0.3, 0.4) is 0 Å². The molecule has 2 aromatic carbocycles. The highest BCUT2D eigenvalue weighted by Crippen LogP contribution is 2.38. The zero-order valence-corrected chi connectivity index (χ0v) is 14.3. The zero-order valence-electron chi connectivity index (χ0n) is 14.3. The average molecular weight is 353 g/mol. The first-order valence-electron chi connectivity index (χ1n) is 8.40. The van der Waals surface area contributed by atoms with Gasteiger partial charge in [-0.2, -0.15) is 0 Å². The molecule has 1 aliphatic heterocycles. The molecule has 0 bridgehead atoms. The number of hydrogen-bond donors (Lipinski definition) is 1. The molecular formula is C20H19NO5. The number of carbonyl (C=O) groups is 3. The van der Waals surface area contributed by atoms with Gasteiger partial charge >= 0.3 is 11.9 Å². The van der Waals surface area contributed by atoms with Gasteiger partial charge in [0.1, 0.15) is 5.75 Å². The molecule has 26 heavy (non-hydrogen) atoms. The van der Waals surface area contributed by atoms with Crippen LogP contribution in [0.4, 0.5) is 0 Å². The molecule has 1 heterocycles. The number of hydrogen-bond acceptors (Lipinski definition) is 5. The molecule has 2 unspecified atom stereocenters. The summed E-state index contributed by atoms with van der Waals surface area (Å²) in [6.07, 6.45) is 0. The average Bonchev–Trinajstić information content (AvgIpc) is 2.66. The van der Waals surface area contributed by atoms with Crippen LogP contribution in [0.2, 0.25) is 0 Å². The summed E-state index contributed by atoms with van der Waals surface area (Å²) < 4.78 is 10.2. The molecular weight excluding hydrogens is 334 g/mol. The number of para-hydroxylation sites is 1. The Morgan fingerprint density at radius 2 is 1.73 bits per heavy atom. The fourth-order valence-corrected chi connectivity index (χ4v) is 2.97. The van der Waals surface area contributed by atoms with Crippen molar-refractivity contribution in [1.82, 2.24) is 5.32 Å². The molecule has 3 rings (SSSR count). The van der Waals surface area contributed by atoms with Crippen LogP contribution in [-0.4, -0.2) is 24.5 Å². The minimum absolute atomic E-state index is 0.114. The molecule has 0 fully saturated rings. The van der Waals surface area contributed by atoms with E-state index >= 15 is 0 Å². The van der Waals surface area contributed by atoms with Crippen LogP contribution in [-0.2, 0) is 25.7 Å². The van der Waals surface area contributed by atoms with Gasteiger partial charge in [-0.1, -0.05) is 48.5 Å². The van der Waals surface area contributed by atoms with Crippen molar-refractivity contribution in [2.45, 2.75) is 19.4 Å². The Morgan fingerprint density at radius 1 is 1.04 bits per heavy atom. The predicted molar refractivity (Wildman–Crippen MR) is 93.2 cm³/mol. The first-order chi connectivity index (χ1) is 12.6. The highest BCUT2D eigenvalue weighted by Gasteiger charge is 2.47. The van der Waals surface area contributed by atoms with Gasteiger partial charge in [0.2, 0.25) is 5.91 Å². The van der Waals surface area contributed by atoms with Crippen LogP contribution in [0.15, 0.2) is 54.6 Å². The van der Waals surface area contributed by atoms with Crippen molar-refractivity contribution in [3.63, 3.8) is 0 Å². The van der Waals surface area contributed by atoms with Gasteiger partial charge in [-0.05, 0) is 18.6 Å². The molecule has 0 spiro atoms. The third kappa shape index (κ3) is 3.59. The van der Waals surface area contributed by atoms with Crippen LogP contribution in [0.1, 0.15) is 24.0 Å². The Labute approximate surface area is 151 Å². The maximum atomic E-state index is 12.9. The van der Waals surface area contributed by atoms with Crippen LogP contribution < -0.4 is 10.1 Å². The lowest BCUT2D eigenvalue weighted by atomic mass is 9.82. The van der Waals surface area contributed by atoms with E-state index in [1.165, 1.54) is 0 Å². The SMILES string of the molecule is CCOC(=O)C1C(=O)Oc2ccccc2C1C(=O)NCc1ccccc1. The van der Waals surface area contributed by atoms with Crippen LogP contribution >= 0.6 is 0 Å². The topological polar surface area (TPSA) is 81.7 Å². The molecule has 6 nitrogen and oxygen atoms in total. The lowest BCUT2D eigenvalue weighted by molar-refractivity contribution is -0.161. The number of nitrogens with one attached hydrogen (secondary N) is 1. The molecule has 0 aromatic heterocycles. The van der Waals surface area contributed by atoms with E-state index in [1.54, 1.807) is 31.2 Å². The summed E-state index contributed by atoms with van der Waals surface area (Å²) in [6.45, 7) is 2.05. The van der Waals surface area contributed by atoms with E-state index in [0.29, 0.717) is 12.1 Å². The lowest BCUT2D eigenvalue weighted by Gasteiger charge is -2.29. The van der Waals surface area contributed by atoms with Crippen molar-refractivity contribution in [3.05, 3.63) is 65.7 Å². The fraction of sp³-hybridized carbons (Fsp3) is 0.250. The second kappa shape index (κ2) is 7.82. The summed E-state index contributed by atoms with van der Waals surface area (Å²) in [6, 6.07) is 16.1. The maximum absolute atomic E-state index is 12.9. The molecule has 2 atom stereocenters. The Kier molecular flexibility index (Phi) is 5.31. The van der Waals surface area contributed by atoms with Gasteiger partial charge in [0.25, 0.3) is 0 Å². The minimum atomic E-state index is -1.32. The summed E-state index contributed by atoms with van der Waals surface area (Å²) in [5.74, 6) is -3.97. The number of ether oxygens (including phenoxy) is 2. The monoisotopic (exact) mass is 353 g/mol. The Morgan fingerprint density at radius 3 is 2.46 bits per heavy atom. The third-order valence-corrected chi connectivity index (χ3v) is 4.18. The fourth-order valence-electron chi connectivity index (χ4n) is 2.97. The molecule has 1 N–H and O–H groups in total. The quantitative estimate of drug-likeness (QED) is 0.506. The normalized spacial score (nSPS) is 18.4. The van der Waals surface area contributed by atoms with E-state index in [4.69, 9.17) is 9.47 Å². The standard InChI is InChI=1S/C20H19NO5/c1-2-25-19(23)17-16(14-10-6-7-11-15(14)26-20(17)24)18(22)21-12-13-8-4-3-5-9-13/h3-11,16-17H,2,12H2,1H3,(H,21,22). The summed E-state index contributed by atoms with van der Waals surface area (Å²) >= 11 is 0. The first kappa shape index (κ1) is 17.7. The van der Waals surface area contributed by atoms with E-state index in [2.05, 4.69) is 5.32 Å². The molecule has 0 aliphatic carbocycles. The molecule has 134 valence electrons. The van der Waals surface area contributed by atoms with Crippen molar-refractivity contribution >= 4 is 17.8 Å². The van der Waals surface area contributed by atoms with Crippen molar-refractivity contribution in [1.29, 1.82) is 0 Å². The van der Waals surface area contributed by atoms with E-state index in [-0.39, 0.29) is 12.4 Å². The van der Waals surface area contributed by atoms with E-state index in [0.717, 1.165) is 5.56 Å². The number of fused-ring (bicyclic) bond motifs is 1. The summed E-state index contributed by atoms with van der Waals surface area (Å²) in [5.41, 5.74) is 1.41. The zero-order chi connectivity index (χ0) is 18.5. The van der Waals surface area contributed by atoms with E-state index in [9.17, 15) is 14.4 Å². The summed E-state index contributed by atoms with van der Waals surface area (Å²) in [5, 5.41) is 2.80. The molecule has 0 saturated heterocycles. The van der Waals surface area contributed by atoms with Gasteiger partial charge in [0.05, 0.1) is 12.5 Å². The van der Waals surface area contributed by atoms with Crippen molar-refractivity contribution in [3.8, 4) is 5.75 Å². The number of esters is 2. The number of benzene rings is 2. The van der Waals surface area contributed by atoms with Crippen molar-refractivity contribution in [2.75, 3.05) is 6.61 Å². The lowest BCUT2D eigenvalue weighted by Crippen LogP contribution is -2.44. The molecule has 0 saturated carbocycles. The molecule has 1 aliphatic rings. The molecule has 2 aromatic rings. The van der Waals surface area contributed by atoms with Crippen molar-refractivity contribution in [2.24, 2.45) is 5.92 Å². The van der Waals surface area contributed by atoms with E-state index < -0.39 is 29.7 Å². The predicted octanol–water partition coefficient (Wildman–Crippen LogP) is 2.18. The molecule has 1 amide bonds. The van der Waals surface area contributed by atoms with E-state index in [1.807, 2.05) is 30.3 Å². The van der Waals surface area contributed by atoms with Crippen LogP contribution in [0.25, 0.3) is 0 Å². The van der Waals surface area contributed by atoms with Crippen molar-refractivity contribution < 1.29 is 23.9 Å². The van der Waals surface area contributed by atoms with Gasteiger partial charge in [-0.25, -0.2) is 0 Å². The van der Waals surface area contributed by atoms with Gasteiger partial charge < -0.3 is 14.8 Å². The smallest absolute Gasteiger partial charge is 0.326 e. The number of carbonyl (C=O) groups excluding carboxylic acids is 3. The molecule has 0 radical (unpaired) electrons. The minimum Gasteiger partial charge on any atom is -0.465 e. The Bertz CT molecular complexity index is 818. The Hall–Kier alpha value is -3.15. The highest BCUT2D eigenvalue weighted by atomic mass is 16.6. The summed E-state index contributed by atoms with van der Waals surface area (Å²) in [7, 11) is 0. The largest absolute Gasteiger partial charge is 0.465 e. The van der Waals surface area contributed by atoms with Crippen LogP contribution in [0.5, 0.6) is 5.75 Å². The first-order valence-corrected chi connectivity index (χ1v) is 8.40. The van der Waals surface area contributed by atoms with Gasteiger partial charge in [-0.15, -0.1) is 0 Å². The van der Waals surface area contributed by atoms with Crippen LogP contribution in [0, 0.1) is 5.92 Å².